The van der Waals surface area contributed by atoms with E-state index >= 15 is 0 Å². The molecule has 0 aromatic rings. The van der Waals surface area contributed by atoms with E-state index in [0.29, 0.717) is 12.6 Å². The fourth-order valence-electron chi connectivity index (χ4n) is 3.39. The van der Waals surface area contributed by atoms with E-state index in [4.69, 9.17) is 9.47 Å². The largest absolute Gasteiger partial charge is 0.379 e. The highest BCUT2D eigenvalue weighted by Crippen LogP contribution is 2.19. The number of carbonyl (C=O) groups excluding carboxylic acids is 1. The van der Waals surface area contributed by atoms with Crippen LogP contribution in [0.3, 0.4) is 0 Å². The lowest BCUT2D eigenvalue weighted by Crippen LogP contribution is -2.56. The lowest BCUT2D eigenvalue weighted by molar-refractivity contribution is -0.138. The van der Waals surface area contributed by atoms with Crippen LogP contribution in [0.15, 0.2) is 0 Å². The maximum atomic E-state index is 12.6. The van der Waals surface area contributed by atoms with Gasteiger partial charge in [-0.15, -0.1) is 0 Å². The topological polar surface area (TPSA) is 54.0 Å². The molecule has 114 valence electrons. The number of morpholine rings is 2. The molecule has 0 aromatic carbocycles. The lowest BCUT2D eigenvalue weighted by Gasteiger charge is -2.34. The summed E-state index contributed by atoms with van der Waals surface area (Å²) in [6.45, 7) is 8.78. The summed E-state index contributed by atoms with van der Waals surface area (Å²) in [6.07, 6.45) is 1.05. The number of amides is 1. The summed E-state index contributed by atoms with van der Waals surface area (Å²) in [7, 11) is 0. The summed E-state index contributed by atoms with van der Waals surface area (Å²) in [5.41, 5.74) is 0. The van der Waals surface area contributed by atoms with Gasteiger partial charge in [-0.3, -0.25) is 9.69 Å². The molecule has 1 amide bonds. The van der Waals surface area contributed by atoms with E-state index < -0.39 is 0 Å². The number of hydrogen-bond donors (Lipinski definition) is 1. The van der Waals surface area contributed by atoms with Crippen molar-refractivity contribution in [3.05, 3.63) is 0 Å². The molecule has 3 heterocycles. The quantitative estimate of drug-likeness (QED) is 0.726. The molecule has 3 aliphatic rings. The first-order valence-corrected chi connectivity index (χ1v) is 7.71. The molecule has 1 N–H and O–H groups in total. The second-order valence-corrected chi connectivity index (χ2v) is 5.88. The standard InChI is InChI=1S/C14H25N3O3/c1-11-13(15-3-7-20-11)14(18)17-4-2-12(10-17)16-5-8-19-9-6-16/h11-13,15H,2-10H2,1H3/t11-,12?,13+/m1/s1. The SMILES string of the molecule is C[C@H]1OCCN[C@@H]1C(=O)N1CCC(N2CCOCC2)C1. The third-order valence-corrected chi connectivity index (χ3v) is 4.62. The van der Waals surface area contributed by atoms with Gasteiger partial charge in [0.25, 0.3) is 0 Å². The Labute approximate surface area is 120 Å². The van der Waals surface area contributed by atoms with Gasteiger partial charge in [-0.1, -0.05) is 0 Å². The van der Waals surface area contributed by atoms with Gasteiger partial charge in [0.05, 0.1) is 25.9 Å². The molecule has 3 rings (SSSR count). The number of carbonyl (C=O) groups is 1. The first kappa shape index (κ1) is 14.3. The van der Waals surface area contributed by atoms with Crippen LogP contribution in [0.2, 0.25) is 0 Å². The zero-order chi connectivity index (χ0) is 13.9. The van der Waals surface area contributed by atoms with Crippen molar-refractivity contribution in [3.63, 3.8) is 0 Å². The Bertz CT molecular complexity index is 347. The monoisotopic (exact) mass is 283 g/mol. The van der Waals surface area contributed by atoms with Gasteiger partial charge in [0.15, 0.2) is 0 Å². The van der Waals surface area contributed by atoms with Crippen LogP contribution in [-0.2, 0) is 14.3 Å². The molecule has 0 aromatic heterocycles. The van der Waals surface area contributed by atoms with E-state index in [0.717, 1.165) is 52.4 Å². The van der Waals surface area contributed by atoms with Crippen LogP contribution in [0, 0.1) is 0 Å². The van der Waals surface area contributed by atoms with Crippen LogP contribution in [-0.4, -0.2) is 86.4 Å². The number of rotatable bonds is 2. The van der Waals surface area contributed by atoms with Crippen molar-refractivity contribution >= 4 is 5.91 Å². The third-order valence-electron chi connectivity index (χ3n) is 4.62. The summed E-state index contributed by atoms with van der Waals surface area (Å²) in [5.74, 6) is 0.202. The minimum Gasteiger partial charge on any atom is -0.379 e. The van der Waals surface area contributed by atoms with Gasteiger partial charge >= 0.3 is 0 Å². The summed E-state index contributed by atoms with van der Waals surface area (Å²) >= 11 is 0. The first-order valence-electron chi connectivity index (χ1n) is 7.71. The Morgan fingerprint density at radius 1 is 1.20 bits per heavy atom. The van der Waals surface area contributed by atoms with Crippen molar-refractivity contribution in [2.24, 2.45) is 0 Å². The zero-order valence-electron chi connectivity index (χ0n) is 12.2. The smallest absolute Gasteiger partial charge is 0.242 e. The fourth-order valence-corrected chi connectivity index (χ4v) is 3.39. The van der Waals surface area contributed by atoms with Gasteiger partial charge in [-0.2, -0.15) is 0 Å². The van der Waals surface area contributed by atoms with Crippen LogP contribution in [0.25, 0.3) is 0 Å². The Balaban J connectivity index is 1.54. The van der Waals surface area contributed by atoms with Crippen molar-refractivity contribution in [1.29, 1.82) is 0 Å². The average molecular weight is 283 g/mol. The molecular weight excluding hydrogens is 258 g/mol. The van der Waals surface area contributed by atoms with Crippen molar-refractivity contribution < 1.29 is 14.3 Å². The molecule has 0 radical (unpaired) electrons. The minimum absolute atomic E-state index is 0.0290. The highest BCUT2D eigenvalue weighted by Gasteiger charge is 2.37. The van der Waals surface area contributed by atoms with E-state index in [9.17, 15) is 4.79 Å². The van der Waals surface area contributed by atoms with Gasteiger partial charge in [0.2, 0.25) is 5.91 Å². The second kappa shape index (κ2) is 6.39. The minimum atomic E-state index is -0.174. The molecule has 0 aliphatic carbocycles. The fraction of sp³-hybridized carbons (Fsp3) is 0.929. The predicted octanol–water partition coefficient (Wildman–Crippen LogP) is -0.704. The molecule has 6 nitrogen and oxygen atoms in total. The molecule has 6 heteroatoms. The number of hydrogen-bond acceptors (Lipinski definition) is 5. The van der Waals surface area contributed by atoms with Crippen molar-refractivity contribution in [2.75, 3.05) is 52.5 Å². The Hall–Kier alpha value is -0.690. The van der Waals surface area contributed by atoms with Gasteiger partial charge in [-0.05, 0) is 13.3 Å². The Morgan fingerprint density at radius 2 is 2.00 bits per heavy atom. The molecule has 3 fully saturated rings. The maximum Gasteiger partial charge on any atom is 0.242 e. The number of nitrogens with zero attached hydrogens (tertiary/aromatic N) is 2. The normalized spacial score (nSPS) is 36.2. The second-order valence-electron chi connectivity index (χ2n) is 5.88. The molecule has 3 atom stereocenters. The van der Waals surface area contributed by atoms with Crippen LogP contribution in [0.1, 0.15) is 13.3 Å². The first-order chi connectivity index (χ1) is 9.75. The highest BCUT2D eigenvalue weighted by molar-refractivity contribution is 5.83. The molecule has 3 aliphatic heterocycles. The molecule has 3 saturated heterocycles. The van der Waals surface area contributed by atoms with E-state index in [-0.39, 0.29) is 18.1 Å². The van der Waals surface area contributed by atoms with Crippen LogP contribution >= 0.6 is 0 Å². The van der Waals surface area contributed by atoms with E-state index in [1.807, 2.05) is 11.8 Å². The zero-order valence-corrected chi connectivity index (χ0v) is 12.2. The van der Waals surface area contributed by atoms with E-state index in [1.54, 1.807) is 0 Å². The van der Waals surface area contributed by atoms with Gasteiger partial charge in [0, 0.05) is 38.8 Å². The molecule has 1 unspecified atom stereocenters. The molecule has 20 heavy (non-hydrogen) atoms. The van der Waals surface area contributed by atoms with Crippen molar-refractivity contribution in [3.8, 4) is 0 Å². The highest BCUT2D eigenvalue weighted by atomic mass is 16.5. The molecule has 0 spiro atoms. The summed E-state index contributed by atoms with van der Waals surface area (Å²) in [6, 6.07) is 0.329. The summed E-state index contributed by atoms with van der Waals surface area (Å²) < 4.78 is 11.0. The van der Waals surface area contributed by atoms with Crippen LogP contribution < -0.4 is 5.32 Å². The molecule has 0 bridgehead atoms. The van der Waals surface area contributed by atoms with Crippen LogP contribution in [0.5, 0.6) is 0 Å². The predicted molar refractivity (Wildman–Crippen MR) is 74.6 cm³/mol. The van der Waals surface area contributed by atoms with E-state index in [1.165, 1.54) is 0 Å². The Kier molecular flexibility index (Phi) is 4.55. The van der Waals surface area contributed by atoms with Gasteiger partial charge in [0.1, 0.15) is 6.04 Å². The van der Waals surface area contributed by atoms with Crippen molar-refractivity contribution in [1.82, 2.24) is 15.1 Å². The number of nitrogens with one attached hydrogen (secondary N) is 1. The van der Waals surface area contributed by atoms with Crippen molar-refractivity contribution in [2.45, 2.75) is 31.5 Å². The molecule has 0 saturated carbocycles. The van der Waals surface area contributed by atoms with Gasteiger partial charge in [-0.25, -0.2) is 0 Å². The summed E-state index contributed by atoms with van der Waals surface area (Å²) in [4.78, 5) is 17.0. The number of ether oxygens (including phenoxy) is 2. The average Bonchev–Trinajstić information content (AvgIpc) is 2.98. The van der Waals surface area contributed by atoms with E-state index in [2.05, 4.69) is 10.2 Å². The van der Waals surface area contributed by atoms with Crippen LogP contribution in [0.4, 0.5) is 0 Å². The number of likely N-dealkylation sites (tertiary alicyclic amines) is 1. The summed E-state index contributed by atoms with van der Waals surface area (Å²) in [5, 5.41) is 3.29. The van der Waals surface area contributed by atoms with Gasteiger partial charge < -0.3 is 19.7 Å². The lowest BCUT2D eigenvalue weighted by atomic mass is 10.1. The molecular formula is C14H25N3O3. The third kappa shape index (κ3) is 2.98. The maximum absolute atomic E-state index is 12.6. The Morgan fingerprint density at radius 3 is 2.75 bits per heavy atom.